The van der Waals surface area contributed by atoms with Crippen LogP contribution in [0.5, 0.6) is 0 Å². The number of nitrogens with zero attached hydrogens (tertiary/aromatic N) is 6. The van der Waals surface area contributed by atoms with Gasteiger partial charge in [-0.15, -0.1) is 14.8 Å². The van der Waals surface area contributed by atoms with Crippen molar-refractivity contribution < 1.29 is 9.90 Å². The van der Waals surface area contributed by atoms with Gasteiger partial charge in [-0.05, 0) is 34.9 Å². The van der Waals surface area contributed by atoms with Crippen molar-refractivity contribution in [3.05, 3.63) is 12.1 Å². The van der Waals surface area contributed by atoms with E-state index in [0.29, 0.717) is 12.2 Å². The Balaban J connectivity index is 1.77. The Labute approximate surface area is 102 Å². The molecule has 1 aliphatic rings. The van der Waals surface area contributed by atoms with Gasteiger partial charge in [0, 0.05) is 19.5 Å². The molecule has 3 rings (SSSR count). The Hall–Kier alpha value is -2.25. The lowest BCUT2D eigenvalue weighted by molar-refractivity contribution is -0.137. The van der Waals surface area contributed by atoms with E-state index in [0.717, 1.165) is 18.8 Å². The van der Waals surface area contributed by atoms with E-state index in [1.54, 1.807) is 6.07 Å². The van der Waals surface area contributed by atoms with E-state index in [-0.39, 0.29) is 12.3 Å². The first kappa shape index (κ1) is 10.9. The minimum atomic E-state index is -0.745. The summed E-state index contributed by atoms with van der Waals surface area (Å²) in [5, 5.41) is 24.1. The Morgan fingerprint density at radius 2 is 2.39 bits per heavy atom. The number of aliphatic carboxylic acids is 1. The Kier molecular flexibility index (Phi) is 2.54. The van der Waals surface area contributed by atoms with Crippen LogP contribution in [-0.2, 0) is 4.79 Å². The maximum atomic E-state index is 10.7. The summed E-state index contributed by atoms with van der Waals surface area (Å²) in [6.07, 6.45) is 1.09. The lowest BCUT2D eigenvalue weighted by atomic mass is 10.1. The van der Waals surface area contributed by atoms with Gasteiger partial charge in [-0.2, -0.15) is 0 Å². The summed E-state index contributed by atoms with van der Waals surface area (Å²) in [5.74, 6) is 0.224. The summed E-state index contributed by atoms with van der Waals surface area (Å²) in [7, 11) is 0. The van der Waals surface area contributed by atoms with Crippen LogP contribution < -0.4 is 4.90 Å². The van der Waals surface area contributed by atoms with Gasteiger partial charge in [-0.3, -0.25) is 4.79 Å². The molecule has 1 atom stereocenters. The zero-order valence-corrected chi connectivity index (χ0v) is 9.60. The maximum absolute atomic E-state index is 10.7. The molecule has 0 amide bonds. The SMILES string of the molecule is O=C(O)CC1CCN(c2ccc3nnnn3n2)C1. The standard InChI is InChI=1S/C10H12N6O2/c17-10(18)5-7-3-4-15(6-7)9-2-1-8-11-13-14-16(8)12-9/h1-2,7H,3-6H2,(H,17,18). The second-order valence-electron chi connectivity index (χ2n) is 4.42. The van der Waals surface area contributed by atoms with Gasteiger partial charge in [0.05, 0.1) is 0 Å². The van der Waals surface area contributed by atoms with Crippen molar-refractivity contribution in [2.24, 2.45) is 5.92 Å². The average Bonchev–Trinajstić information content (AvgIpc) is 2.95. The third kappa shape index (κ3) is 1.96. The van der Waals surface area contributed by atoms with E-state index in [2.05, 4.69) is 25.5 Å². The summed E-state index contributed by atoms with van der Waals surface area (Å²) in [4.78, 5) is 12.7. The van der Waals surface area contributed by atoms with E-state index >= 15 is 0 Å². The highest BCUT2D eigenvalue weighted by atomic mass is 16.4. The molecule has 0 aliphatic carbocycles. The van der Waals surface area contributed by atoms with Gasteiger partial charge in [0.25, 0.3) is 0 Å². The van der Waals surface area contributed by atoms with Crippen molar-refractivity contribution in [3.63, 3.8) is 0 Å². The second kappa shape index (κ2) is 4.21. The van der Waals surface area contributed by atoms with Gasteiger partial charge in [0.2, 0.25) is 0 Å². The molecule has 18 heavy (non-hydrogen) atoms. The largest absolute Gasteiger partial charge is 0.481 e. The van der Waals surface area contributed by atoms with Crippen LogP contribution in [0.25, 0.3) is 5.65 Å². The second-order valence-corrected chi connectivity index (χ2v) is 4.42. The van der Waals surface area contributed by atoms with Crippen molar-refractivity contribution in [2.75, 3.05) is 18.0 Å². The highest BCUT2D eigenvalue weighted by molar-refractivity contribution is 5.67. The van der Waals surface area contributed by atoms with Gasteiger partial charge >= 0.3 is 5.97 Å². The van der Waals surface area contributed by atoms with Crippen molar-refractivity contribution in [1.29, 1.82) is 0 Å². The van der Waals surface area contributed by atoms with Crippen LogP contribution in [0.4, 0.5) is 5.82 Å². The molecule has 2 aromatic heterocycles. The minimum absolute atomic E-state index is 0.189. The number of carboxylic acids is 1. The van der Waals surface area contributed by atoms with E-state index in [1.165, 1.54) is 4.63 Å². The van der Waals surface area contributed by atoms with Crippen LogP contribution in [0.1, 0.15) is 12.8 Å². The van der Waals surface area contributed by atoms with E-state index in [1.807, 2.05) is 6.07 Å². The molecule has 8 nitrogen and oxygen atoms in total. The number of rotatable bonds is 3. The Morgan fingerprint density at radius 1 is 1.50 bits per heavy atom. The molecule has 0 saturated carbocycles. The molecule has 0 bridgehead atoms. The van der Waals surface area contributed by atoms with Crippen LogP contribution in [0.2, 0.25) is 0 Å². The summed E-state index contributed by atoms with van der Waals surface area (Å²) in [6.45, 7) is 1.53. The lowest BCUT2D eigenvalue weighted by Gasteiger charge is -2.16. The van der Waals surface area contributed by atoms with Crippen molar-refractivity contribution in [1.82, 2.24) is 25.3 Å². The first-order chi connectivity index (χ1) is 8.72. The van der Waals surface area contributed by atoms with E-state index < -0.39 is 5.97 Å². The van der Waals surface area contributed by atoms with Crippen LogP contribution in [-0.4, -0.2) is 49.4 Å². The number of fused-ring (bicyclic) bond motifs is 1. The number of carbonyl (C=O) groups is 1. The fourth-order valence-electron chi connectivity index (χ4n) is 2.26. The number of aromatic nitrogens is 5. The fourth-order valence-corrected chi connectivity index (χ4v) is 2.26. The van der Waals surface area contributed by atoms with Crippen molar-refractivity contribution >= 4 is 17.4 Å². The van der Waals surface area contributed by atoms with Crippen molar-refractivity contribution in [3.8, 4) is 0 Å². The van der Waals surface area contributed by atoms with Crippen LogP contribution >= 0.6 is 0 Å². The predicted molar refractivity (Wildman–Crippen MR) is 61.1 cm³/mol. The smallest absolute Gasteiger partial charge is 0.303 e. The molecule has 1 saturated heterocycles. The zero-order valence-electron chi connectivity index (χ0n) is 9.60. The molecule has 1 aliphatic heterocycles. The van der Waals surface area contributed by atoms with Crippen LogP contribution in [0.15, 0.2) is 12.1 Å². The lowest BCUT2D eigenvalue weighted by Crippen LogP contribution is -2.22. The molecule has 2 aromatic rings. The third-order valence-electron chi connectivity index (χ3n) is 3.13. The Bertz CT molecular complexity index is 583. The molecule has 8 heteroatoms. The Morgan fingerprint density at radius 3 is 3.22 bits per heavy atom. The summed E-state index contributed by atoms with van der Waals surface area (Å²) >= 11 is 0. The molecule has 1 N–H and O–H groups in total. The summed E-state index contributed by atoms with van der Waals surface area (Å²) in [6, 6.07) is 3.65. The monoisotopic (exact) mass is 248 g/mol. The molecular formula is C10H12N6O2. The first-order valence-corrected chi connectivity index (χ1v) is 5.74. The predicted octanol–water partition coefficient (Wildman–Crippen LogP) is -0.180. The van der Waals surface area contributed by atoms with Gasteiger partial charge in [-0.1, -0.05) is 0 Å². The highest BCUT2D eigenvalue weighted by Gasteiger charge is 2.25. The number of tetrazole rings is 1. The van der Waals surface area contributed by atoms with Gasteiger partial charge < -0.3 is 10.0 Å². The summed E-state index contributed by atoms with van der Waals surface area (Å²) < 4.78 is 1.37. The molecule has 1 unspecified atom stereocenters. The van der Waals surface area contributed by atoms with Crippen molar-refractivity contribution in [2.45, 2.75) is 12.8 Å². The molecule has 94 valence electrons. The van der Waals surface area contributed by atoms with Gasteiger partial charge in [0.1, 0.15) is 0 Å². The maximum Gasteiger partial charge on any atom is 0.303 e. The average molecular weight is 248 g/mol. The topological polar surface area (TPSA) is 96.5 Å². The third-order valence-corrected chi connectivity index (χ3v) is 3.13. The first-order valence-electron chi connectivity index (χ1n) is 5.74. The van der Waals surface area contributed by atoms with Crippen LogP contribution in [0.3, 0.4) is 0 Å². The van der Waals surface area contributed by atoms with E-state index in [9.17, 15) is 4.79 Å². The highest BCUT2D eigenvalue weighted by Crippen LogP contribution is 2.23. The molecule has 3 heterocycles. The van der Waals surface area contributed by atoms with Gasteiger partial charge in [0.15, 0.2) is 11.5 Å². The number of hydrogen-bond donors (Lipinski definition) is 1. The fraction of sp³-hybridized carbons (Fsp3) is 0.500. The van der Waals surface area contributed by atoms with Gasteiger partial charge in [-0.25, -0.2) is 0 Å². The number of hydrogen-bond acceptors (Lipinski definition) is 6. The molecular weight excluding hydrogens is 236 g/mol. The molecule has 0 radical (unpaired) electrons. The minimum Gasteiger partial charge on any atom is -0.481 e. The molecule has 1 fully saturated rings. The zero-order chi connectivity index (χ0) is 12.5. The number of carboxylic acid groups (broad SMARTS) is 1. The van der Waals surface area contributed by atoms with E-state index in [4.69, 9.17) is 5.11 Å². The summed E-state index contributed by atoms with van der Waals surface area (Å²) in [5.41, 5.74) is 0.597. The normalized spacial score (nSPS) is 19.6. The van der Waals surface area contributed by atoms with Crippen LogP contribution in [0, 0.1) is 5.92 Å². The number of anilines is 1. The molecule has 0 spiro atoms. The quantitative estimate of drug-likeness (QED) is 0.804. The molecule has 0 aromatic carbocycles.